The van der Waals surface area contributed by atoms with Crippen LogP contribution in [0.4, 0.5) is 0 Å². The van der Waals surface area contributed by atoms with Gasteiger partial charge in [-0.25, -0.2) is 4.98 Å². The Morgan fingerprint density at radius 3 is 2.55 bits per heavy atom. The standard InChI is InChI=1S/C19H24N3/c1-6-7-8-17-9-10-22(16(5)14(17)3)19-11-18(12-20)21-15(4)13(19)2/h9-11H,6-8H2,1-5H3/q+1. The summed E-state index contributed by atoms with van der Waals surface area (Å²) < 4.78 is 2.18. The fourth-order valence-corrected chi connectivity index (χ4v) is 2.74. The van der Waals surface area contributed by atoms with Gasteiger partial charge in [-0.1, -0.05) is 13.3 Å². The van der Waals surface area contributed by atoms with Crippen molar-refractivity contribution in [2.75, 3.05) is 0 Å². The molecule has 0 aliphatic carbocycles. The van der Waals surface area contributed by atoms with Gasteiger partial charge in [-0.15, -0.1) is 0 Å². The molecule has 0 aromatic carbocycles. The number of aryl methyl sites for hydroxylation is 2. The molecule has 0 fully saturated rings. The van der Waals surface area contributed by atoms with Crippen molar-refractivity contribution in [2.45, 2.75) is 53.9 Å². The fraction of sp³-hybridized carbons (Fsp3) is 0.421. The molecule has 0 saturated carbocycles. The molecule has 3 heteroatoms. The Morgan fingerprint density at radius 1 is 1.18 bits per heavy atom. The minimum absolute atomic E-state index is 0.470. The van der Waals surface area contributed by atoms with E-state index < -0.39 is 0 Å². The van der Waals surface area contributed by atoms with Gasteiger partial charge in [0, 0.05) is 35.9 Å². The van der Waals surface area contributed by atoms with Crippen molar-refractivity contribution in [3.05, 3.63) is 52.1 Å². The summed E-state index contributed by atoms with van der Waals surface area (Å²) in [4.78, 5) is 4.31. The van der Waals surface area contributed by atoms with Crippen molar-refractivity contribution < 1.29 is 4.57 Å². The topological polar surface area (TPSA) is 40.6 Å². The third kappa shape index (κ3) is 3.01. The van der Waals surface area contributed by atoms with Crippen LogP contribution in [0.25, 0.3) is 5.69 Å². The molecule has 0 radical (unpaired) electrons. The zero-order valence-electron chi connectivity index (χ0n) is 14.2. The highest BCUT2D eigenvalue weighted by Gasteiger charge is 2.20. The Balaban J connectivity index is 2.57. The van der Waals surface area contributed by atoms with Gasteiger partial charge in [0.15, 0.2) is 11.9 Å². The van der Waals surface area contributed by atoms with E-state index >= 15 is 0 Å². The molecular weight excluding hydrogens is 270 g/mol. The molecule has 3 nitrogen and oxygen atoms in total. The molecule has 0 spiro atoms. The molecule has 0 bridgehead atoms. The zero-order chi connectivity index (χ0) is 16.3. The average Bonchev–Trinajstić information content (AvgIpc) is 2.52. The summed E-state index contributed by atoms with van der Waals surface area (Å²) in [5.41, 5.74) is 7.53. The first kappa shape index (κ1) is 16.2. The van der Waals surface area contributed by atoms with Gasteiger partial charge < -0.3 is 0 Å². The summed E-state index contributed by atoms with van der Waals surface area (Å²) in [6, 6.07) is 6.24. The van der Waals surface area contributed by atoms with Gasteiger partial charge in [-0.3, -0.25) is 0 Å². The van der Waals surface area contributed by atoms with Crippen molar-refractivity contribution in [3.8, 4) is 11.8 Å². The van der Waals surface area contributed by atoms with Crippen LogP contribution in [0, 0.1) is 39.0 Å². The Bertz CT molecular complexity index is 739. The lowest BCUT2D eigenvalue weighted by Crippen LogP contribution is -2.36. The van der Waals surface area contributed by atoms with E-state index in [-0.39, 0.29) is 0 Å². The molecule has 0 aliphatic heterocycles. The minimum atomic E-state index is 0.470. The van der Waals surface area contributed by atoms with Gasteiger partial charge >= 0.3 is 0 Å². The smallest absolute Gasteiger partial charge is 0.218 e. The van der Waals surface area contributed by atoms with E-state index in [4.69, 9.17) is 5.26 Å². The molecule has 0 atom stereocenters. The van der Waals surface area contributed by atoms with E-state index in [9.17, 15) is 0 Å². The first-order chi connectivity index (χ1) is 10.5. The summed E-state index contributed by atoms with van der Waals surface area (Å²) in [5.74, 6) is 0. The molecule has 0 N–H and O–H groups in total. The van der Waals surface area contributed by atoms with E-state index in [1.807, 2.05) is 13.0 Å². The van der Waals surface area contributed by atoms with Crippen molar-refractivity contribution >= 4 is 0 Å². The van der Waals surface area contributed by atoms with E-state index in [0.717, 1.165) is 23.4 Å². The van der Waals surface area contributed by atoms with Gasteiger partial charge in [0.05, 0.1) is 0 Å². The maximum Gasteiger partial charge on any atom is 0.218 e. The first-order valence-electron chi connectivity index (χ1n) is 7.89. The van der Waals surface area contributed by atoms with Crippen LogP contribution in [-0.4, -0.2) is 4.98 Å². The summed E-state index contributed by atoms with van der Waals surface area (Å²) in [7, 11) is 0. The molecular formula is C19H24N3+. The molecule has 0 amide bonds. The second-order valence-electron chi connectivity index (χ2n) is 5.87. The number of aromatic nitrogens is 2. The summed E-state index contributed by atoms with van der Waals surface area (Å²) in [6.07, 6.45) is 5.68. The lowest BCUT2D eigenvalue weighted by atomic mass is 10.0. The molecule has 0 aliphatic rings. The van der Waals surface area contributed by atoms with Crippen LogP contribution in [0.3, 0.4) is 0 Å². The molecule has 2 heterocycles. The first-order valence-corrected chi connectivity index (χ1v) is 7.89. The number of nitriles is 1. The molecule has 114 valence electrons. The van der Waals surface area contributed by atoms with Gasteiger partial charge in [0.2, 0.25) is 5.69 Å². The van der Waals surface area contributed by atoms with Crippen molar-refractivity contribution in [1.82, 2.24) is 4.98 Å². The summed E-state index contributed by atoms with van der Waals surface area (Å²) >= 11 is 0. The number of pyridine rings is 2. The van der Waals surface area contributed by atoms with Crippen LogP contribution >= 0.6 is 0 Å². The van der Waals surface area contributed by atoms with E-state index in [0.29, 0.717) is 5.69 Å². The van der Waals surface area contributed by atoms with Crippen LogP contribution < -0.4 is 4.57 Å². The van der Waals surface area contributed by atoms with E-state index in [1.54, 1.807) is 0 Å². The SMILES string of the molecule is CCCCc1cc[n+](-c2cc(C#N)nc(C)c2C)c(C)c1C. The highest BCUT2D eigenvalue weighted by molar-refractivity contribution is 5.41. The van der Waals surface area contributed by atoms with E-state index in [2.05, 4.69) is 55.6 Å². The van der Waals surface area contributed by atoms with Crippen molar-refractivity contribution in [3.63, 3.8) is 0 Å². The lowest BCUT2D eigenvalue weighted by Gasteiger charge is -2.10. The summed E-state index contributed by atoms with van der Waals surface area (Å²) in [6.45, 7) is 10.6. The normalized spacial score (nSPS) is 10.5. The maximum atomic E-state index is 9.17. The molecule has 0 unspecified atom stereocenters. The van der Waals surface area contributed by atoms with Crippen LogP contribution in [0.15, 0.2) is 18.3 Å². The Labute approximate surface area is 133 Å². The number of rotatable bonds is 4. The second kappa shape index (κ2) is 6.70. The van der Waals surface area contributed by atoms with Gasteiger partial charge in [-0.2, -0.15) is 9.83 Å². The molecule has 0 saturated heterocycles. The molecule has 2 aromatic heterocycles. The van der Waals surface area contributed by atoms with Gasteiger partial charge in [-0.05, 0) is 39.2 Å². The van der Waals surface area contributed by atoms with Gasteiger partial charge in [0.25, 0.3) is 0 Å². The summed E-state index contributed by atoms with van der Waals surface area (Å²) in [5, 5.41) is 9.17. The van der Waals surface area contributed by atoms with Crippen molar-refractivity contribution in [2.24, 2.45) is 0 Å². The average molecular weight is 294 g/mol. The molecule has 2 rings (SSSR count). The van der Waals surface area contributed by atoms with Crippen LogP contribution in [0.5, 0.6) is 0 Å². The third-order valence-corrected chi connectivity index (χ3v) is 4.47. The molecule has 22 heavy (non-hydrogen) atoms. The maximum absolute atomic E-state index is 9.17. The lowest BCUT2D eigenvalue weighted by molar-refractivity contribution is -0.603. The Kier molecular flexibility index (Phi) is 4.92. The second-order valence-corrected chi connectivity index (χ2v) is 5.87. The quantitative estimate of drug-likeness (QED) is 0.805. The number of hydrogen-bond acceptors (Lipinski definition) is 2. The molecule has 2 aromatic rings. The highest BCUT2D eigenvalue weighted by Crippen LogP contribution is 2.17. The van der Waals surface area contributed by atoms with Crippen molar-refractivity contribution in [1.29, 1.82) is 5.26 Å². The third-order valence-electron chi connectivity index (χ3n) is 4.47. The fourth-order valence-electron chi connectivity index (χ4n) is 2.74. The highest BCUT2D eigenvalue weighted by atomic mass is 15.0. The Hall–Kier alpha value is -2.21. The number of hydrogen-bond donors (Lipinski definition) is 0. The zero-order valence-corrected chi connectivity index (χ0v) is 14.2. The predicted octanol–water partition coefficient (Wildman–Crippen LogP) is 3.81. The monoisotopic (exact) mass is 294 g/mol. The van der Waals surface area contributed by atoms with Gasteiger partial charge in [0.1, 0.15) is 11.8 Å². The van der Waals surface area contributed by atoms with Crippen LogP contribution in [0.1, 0.15) is 53.5 Å². The van der Waals surface area contributed by atoms with Crippen LogP contribution in [0.2, 0.25) is 0 Å². The van der Waals surface area contributed by atoms with E-state index in [1.165, 1.54) is 29.7 Å². The predicted molar refractivity (Wildman–Crippen MR) is 88.0 cm³/mol. The number of unbranched alkanes of at least 4 members (excludes halogenated alkanes) is 1. The van der Waals surface area contributed by atoms with Crippen LogP contribution in [-0.2, 0) is 6.42 Å². The number of nitrogens with zero attached hydrogens (tertiary/aromatic N) is 3. The minimum Gasteiger partial charge on any atom is -0.242 e. The largest absolute Gasteiger partial charge is 0.242 e. The Morgan fingerprint density at radius 2 is 1.91 bits per heavy atom.